The van der Waals surface area contributed by atoms with Gasteiger partial charge in [0.05, 0.1) is 12.6 Å². The molecule has 1 aromatic carbocycles. The predicted octanol–water partition coefficient (Wildman–Crippen LogP) is 1.96. The summed E-state index contributed by atoms with van der Waals surface area (Å²) < 4.78 is 0. The number of nitrogens with zero attached hydrogens (tertiary/aromatic N) is 1. The van der Waals surface area contributed by atoms with Crippen molar-refractivity contribution >= 4 is 5.69 Å². The molecule has 0 radical (unpaired) electrons. The fourth-order valence-electron chi connectivity index (χ4n) is 2.23. The number of aryl methyl sites for hydroxylation is 1. The maximum Gasteiger partial charge on any atom is 0.0635 e. The van der Waals surface area contributed by atoms with Gasteiger partial charge in [-0.15, -0.1) is 0 Å². The fraction of sp³-hybridized carbons (Fsp3) is 0.500. The molecule has 1 aliphatic rings. The summed E-state index contributed by atoms with van der Waals surface area (Å²) in [5.41, 5.74) is 2.58. The molecule has 76 valence electrons. The molecule has 1 atom stereocenters. The van der Waals surface area contributed by atoms with Crippen LogP contribution in [-0.2, 0) is 0 Å². The zero-order valence-corrected chi connectivity index (χ0v) is 8.61. The van der Waals surface area contributed by atoms with Gasteiger partial charge in [0.1, 0.15) is 0 Å². The molecule has 2 rings (SSSR count). The first kappa shape index (κ1) is 9.53. The van der Waals surface area contributed by atoms with Gasteiger partial charge >= 0.3 is 0 Å². The number of aliphatic hydroxyl groups is 1. The standard InChI is InChI=1S/C12H17NO/c1-10-5-2-3-7-12(10)13-8-4-6-11(13)9-14/h2-3,5,7,11,14H,4,6,8-9H2,1H3. The highest BCUT2D eigenvalue weighted by molar-refractivity contribution is 5.54. The summed E-state index contributed by atoms with van der Waals surface area (Å²) in [6.07, 6.45) is 2.31. The van der Waals surface area contributed by atoms with E-state index in [1.165, 1.54) is 17.7 Å². The molecule has 14 heavy (non-hydrogen) atoms. The van der Waals surface area contributed by atoms with Crippen LogP contribution in [0, 0.1) is 6.92 Å². The van der Waals surface area contributed by atoms with Crippen molar-refractivity contribution < 1.29 is 5.11 Å². The summed E-state index contributed by atoms with van der Waals surface area (Å²) in [5, 5.41) is 9.25. The van der Waals surface area contributed by atoms with Crippen molar-refractivity contribution in [1.82, 2.24) is 0 Å². The Labute approximate surface area is 85.2 Å². The zero-order valence-electron chi connectivity index (χ0n) is 8.61. The minimum absolute atomic E-state index is 0.272. The van der Waals surface area contributed by atoms with Crippen LogP contribution in [0.15, 0.2) is 24.3 Å². The van der Waals surface area contributed by atoms with Crippen LogP contribution < -0.4 is 4.90 Å². The van der Waals surface area contributed by atoms with Gasteiger partial charge in [0, 0.05) is 12.2 Å². The predicted molar refractivity (Wildman–Crippen MR) is 58.6 cm³/mol. The molecule has 0 aromatic heterocycles. The lowest BCUT2D eigenvalue weighted by atomic mass is 10.1. The van der Waals surface area contributed by atoms with E-state index >= 15 is 0 Å². The Morgan fingerprint density at radius 1 is 1.43 bits per heavy atom. The van der Waals surface area contributed by atoms with E-state index in [1.54, 1.807) is 0 Å². The highest BCUT2D eigenvalue weighted by Crippen LogP contribution is 2.27. The van der Waals surface area contributed by atoms with E-state index in [0.717, 1.165) is 13.0 Å². The first-order chi connectivity index (χ1) is 6.83. The van der Waals surface area contributed by atoms with Gasteiger partial charge in [-0.25, -0.2) is 0 Å². The normalized spacial score (nSPS) is 21.6. The summed E-state index contributed by atoms with van der Waals surface area (Å²) in [4.78, 5) is 2.33. The Bertz CT molecular complexity index is 311. The lowest BCUT2D eigenvalue weighted by Gasteiger charge is -2.26. The molecule has 1 heterocycles. The van der Waals surface area contributed by atoms with Crippen LogP contribution in [0.1, 0.15) is 18.4 Å². The van der Waals surface area contributed by atoms with Crippen LogP contribution in [0.3, 0.4) is 0 Å². The minimum atomic E-state index is 0.272. The summed E-state index contributed by atoms with van der Waals surface area (Å²) in [6, 6.07) is 8.72. The Kier molecular flexibility index (Phi) is 2.73. The zero-order chi connectivity index (χ0) is 9.97. The van der Waals surface area contributed by atoms with Gasteiger partial charge in [0.15, 0.2) is 0 Å². The second kappa shape index (κ2) is 4.01. The Hall–Kier alpha value is -1.02. The second-order valence-corrected chi connectivity index (χ2v) is 3.96. The van der Waals surface area contributed by atoms with Crippen LogP contribution in [-0.4, -0.2) is 24.3 Å². The van der Waals surface area contributed by atoms with Gasteiger partial charge in [-0.05, 0) is 31.4 Å². The highest BCUT2D eigenvalue weighted by atomic mass is 16.3. The largest absolute Gasteiger partial charge is 0.394 e. The molecule has 1 fully saturated rings. The number of hydrogen-bond donors (Lipinski definition) is 1. The molecule has 0 bridgehead atoms. The molecule has 1 aliphatic heterocycles. The van der Waals surface area contributed by atoms with E-state index in [2.05, 4.69) is 36.1 Å². The molecular weight excluding hydrogens is 174 g/mol. The summed E-state index contributed by atoms with van der Waals surface area (Å²) in [6.45, 7) is 3.48. The first-order valence-corrected chi connectivity index (χ1v) is 5.26. The van der Waals surface area contributed by atoms with Crippen molar-refractivity contribution in [3.8, 4) is 0 Å². The van der Waals surface area contributed by atoms with E-state index < -0.39 is 0 Å². The molecule has 1 N–H and O–H groups in total. The molecule has 2 nitrogen and oxygen atoms in total. The quantitative estimate of drug-likeness (QED) is 0.772. The number of aliphatic hydroxyl groups excluding tert-OH is 1. The molecule has 0 spiro atoms. The Morgan fingerprint density at radius 2 is 2.21 bits per heavy atom. The number of para-hydroxylation sites is 1. The molecular formula is C12H17NO. The lowest BCUT2D eigenvalue weighted by molar-refractivity contribution is 0.266. The van der Waals surface area contributed by atoms with Crippen molar-refractivity contribution in [3.63, 3.8) is 0 Å². The smallest absolute Gasteiger partial charge is 0.0635 e. The van der Waals surface area contributed by atoms with Crippen LogP contribution in [0.4, 0.5) is 5.69 Å². The molecule has 1 aromatic rings. The van der Waals surface area contributed by atoms with E-state index in [-0.39, 0.29) is 6.61 Å². The summed E-state index contributed by atoms with van der Waals surface area (Å²) >= 11 is 0. The van der Waals surface area contributed by atoms with Crippen LogP contribution in [0.25, 0.3) is 0 Å². The molecule has 0 amide bonds. The third-order valence-corrected chi connectivity index (χ3v) is 3.01. The average molecular weight is 191 g/mol. The molecule has 1 saturated heterocycles. The fourth-order valence-corrected chi connectivity index (χ4v) is 2.23. The van der Waals surface area contributed by atoms with Crippen LogP contribution in [0.2, 0.25) is 0 Å². The molecule has 1 unspecified atom stereocenters. The SMILES string of the molecule is Cc1ccccc1N1CCCC1CO. The van der Waals surface area contributed by atoms with Crippen molar-refractivity contribution in [2.45, 2.75) is 25.8 Å². The molecule has 0 aliphatic carbocycles. The summed E-state index contributed by atoms with van der Waals surface area (Å²) in [7, 11) is 0. The Morgan fingerprint density at radius 3 is 2.93 bits per heavy atom. The van der Waals surface area contributed by atoms with E-state index in [9.17, 15) is 5.11 Å². The number of benzene rings is 1. The monoisotopic (exact) mass is 191 g/mol. The third-order valence-electron chi connectivity index (χ3n) is 3.01. The second-order valence-electron chi connectivity index (χ2n) is 3.96. The van der Waals surface area contributed by atoms with Crippen LogP contribution >= 0.6 is 0 Å². The van der Waals surface area contributed by atoms with Crippen molar-refractivity contribution in [2.75, 3.05) is 18.1 Å². The lowest BCUT2D eigenvalue weighted by Crippen LogP contribution is -2.32. The Balaban J connectivity index is 2.26. The topological polar surface area (TPSA) is 23.5 Å². The maximum atomic E-state index is 9.25. The van der Waals surface area contributed by atoms with Gasteiger partial charge in [-0.3, -0.25) is 0 Å². The van der Waals surface area contributed by atoms with Crippen molar-refractivity contribution in [1.29, 1.82) is 0 Å². The number of anilines is 1. The van der Waals surface area contributed by atoms with Crippen LogP contribution in [0.5, 0.6) is 0 Å². The maximum absolute atomic E-state index is 9.25. The average Bonchev–Trinajstić information content (AvgIpc) is 2.66. The minimum Gasteiger partial charge on any atom is -0.394 e. The van der Waals surface area contributed by atoms with Gasteiger partial charge in [0.2, 0.25) is 0 Å². The van der Waals surface area contributed by atoms with E-state index in [1.807, 2.05) is 0 Å². The van der Waals surface area contributed by atoms with E-state index in [0.29, 0.717) is 6.04 Å². The molecule has 0 saturated carbocycles. The van der Waals surface area contributed by atoms with Gasteiger partial charge < -0.3 is 10.0 Å². The molecule has 2 heteroatoms. The number of hydrogen-bond acceptors (Lipinski definition) is 2. The first-order valence-electron chi connectivity index (χ1n) is 5.26. The summed E-state index contributed by atoms with van der Waals surface area (Å²) in [5.74, 6) is 0. The van der Waals surface area contributed by atoms with E-state index in [4.69, 9.17) is 0 Å². The highest BCUT2D eigenvalue weighted by Gasteiger charge is 2.24. The van der Waals surface area contributed by atoms with Gasteiger partial charge in [0.25, 0.3) is 0 Å². The van der Waals surface area contributed by atoms with Gasteiger partial charge in [-0.1, -0.05) is 18.2 Å². The number of rotatable bonds is 2. The van der Waals surface area contributed by atoms with Gasteiger partial charge in [-0.2, -0.15) is 0 Å². The van der Waals surface area contributed by atoms with Crippen molar-refractivity contribution in [3.05, 3.63) is 29.8 Å². The van der Waals surface area contributed by atoms with Crippen molar-refractivity contribution in [2.24, 2.45) is 0 Å². The third kappa shape index (κ3) is 1.62.